The molecule has 0 spiro atoms. The van der Waals surface area contributed by atoms with Gasteiger partial charge in [0.25, 0.3) is 0 Å². The molecule has 7 heteroatoms. The molecule has 5 nitrogen and oxygen atoms in total. The number of methoxy groups -OCH3 is 1. The number of aromatic nitrogens is 3. The van der Waals surface area contributed by atoms with Crippen LogP contribution in [0.1, 0.15) is 11.4 Å². The van der Waals surface area contributed by atoms with E-state index in [2.05, 4.69) is 15.4 Å². The van der Waals surface area contributed by atoms with Gasteiger partial charge in [0.2, 0.25) is 0 Å². The first-order valence-corrected chi connectivity index (χ1v) is 6.58. The molecule has 2 rings (SSSR count). The molecule has 0 amide bonds. The van der Waals surface area contributed by atoms with Gasteiger partial charge in [0.05, 0.1) is 19.7 Å². The molecular weight excluding hydrogens is 283 g/mol. The maximum Gasteiger partial charge on any atom is 0.141 e. The summed E-state index contributed by atoms with van der Waals surface area (Å²) in [7, 11) is 1.65. The van der Waals surface area contributed by atoms with Crippen molar-refractivity contribution in [3.05, 3.63) is 46.8 Å². The average molecular weight is 299 g/mol. The Balaban J connectivity index is 2.01. The molecule has 108 valence electrons. The first kappa shape index (κ1) is 14.9. The second-order valence-electron chi connectivity index (χ2n) is 4.24. The molecule has 1 N–H and O–H groups in total. The molecular formula is C13H16ClFN4O. The zero-order chi connectivity index (χ0) is 14.4. The Kier molecular flexibility index (Phi) is 5.46. The molecule has 20 heavy (non-hydrogen) atoms. The lowest BCUT2D eigenvalue weighted by Crippen LogP contribution is -2.21. The minimum absolute atomic E-state index is 0.324. The largest absolute Gasteiger partial charge is 0.383 e. The van der Waals surface area contributed by atoms with Crippen LogP contribution in [-0.2, 0) is 17.8 Å². The number of hydrogen-bond acceptors (Lipinski definition) is 4. The van der Waals surface area contributed by atoms with E-state index in [0.717, 1.165) is 12.4 Å². The minimum Gasteiger partial charge on any atom is -0.383 e. The van der Waals surface area contributed by atoms with Gasteiger partial charge >= 0.3 is 0 Å². The molecule has 0 unspecified atom stereocenters. The minimum atomic E-state index is -0.341. The summed E-state index contributed by atoms with van der Waals surface area (Å²) in [5.74, 6) is 0.404. The summed E-state index contributed by atoms with van der Waals surface area (Å²) in [6.45, 7) is 2.22. The molecule has 0 atom stereocenters. The van der Waals surface area contributed by atoms with Crippen molar-refractivity contribution in [3.63, 3.8) is 0 Å². The van der Waals surface area contributed by atoms with Crippen molar-refractivity contribution in [2.45, 2.75) is 13.1 Å². The highest BCUT2D eigenvalue weighted by atomic mass is 35.5. The Bertz CT molecular complexity index is 561. The van der Waals surface area contributed by atoms with Gasteiger partial charge in [-0.15, -0.1) is 0 Å². The average Bonchev–Trinajstić information content (AvgIpc) is 2.85. The van der Waals surface area contributed by atoms with Crippen molar-refractivity contribution in [2.75, 3.05) is 20.3 Å². The van der Waals surface area contributed by atoms with Gasteiger partial charge in [-0.25, -0.2) is 14.1 Å². The number of rotatable bonds is 7. The third-order valence-electron chi connectivity index (χ3n) is 2.80. The Hall–Kier alpha value is -1.50. The van der Waals surface area contributed by atoms with Gasteiger partial charge in [-0.05, 0) is 12.1 Å². The van der Waals surface area contributed by atoms with E-state index < -0.39 is 0 Å². The van der Waals surface area contributed by atoms with Gasteiger partial charge in [0.1, 0.15) is 18.0 Å². The number of hydrogen-bond donors (Lipinski definition) is 1. The molecule has 0 aliphatic carbocycles. The van der Waals surface area contributed by atoms with Gasteiger partial charge in [0, 0.05) is 24.2 Å². The molecule has 0 saturated carbocycles. The molecule has 1 heterocycles. The lowest BCUT2D eigenvalue weighted by atomic mass is 10.2. The highest BCUT2D eigenvalue weighted by molar-refractivity contribution is 6.30. The summed E-state index contributed by atoms with van der Waals surface area (Å²) in [5.41, 5.74) is 0.526. The highest BCUT2D eigenvalue weighted by Gasteiger charge is 2.08. The van der Waals surface area contributed by atoms with E-state index in [-0.39, 0.29) is 5.82 Å². The van der Waals surface area contributed by atoms with Crippen LogP contribution < -0.4 is 5.32 Å². The summed E-state index contributed by atoms with van der Waals surface area (Å²) in [6, 6.07) is 4.61. The number of ether oxygens (including phenoxy) is 1. The SMILES string of the molecule is COCCNCc1ncnn1Cc1ccc(Cl)cc1F. The first-order chi connectivity index (χ1) is 9.70. The Morgan fingerprint density at radius 1 is 1.45 bits per heavy atom. The van der Waals surface area contributed by atoms with Crippen LogP contribution in [0.2, 0.25) is 5.02 Å². The van der Waals surface area contributed by atoms with Crippen LogP contribution in [0.3, 0.4) is 0 Å². The van der Waals surface area contributed by atoms with Crippen molar-refractivity contribution in [3.8, 4) is 0 Å². The molecule has 0 fully saturated rings. The van der Waals surface area contributed by atoms with E-state index >= 15 is 0 Å². The monoisotopic (exact) mass is 298 g/mol. The van der Waals surface area contributed by atoms with E-state index in [1.807, 2.05) is 0 Å². The standard InChI is InChI=1S/C13H16ClFN4O/c1-20-5-4-16-7-13-17-9-18-19(13)8-10-2-3-11(14)6-12(10)15/h2-3,6,9,16H,4-5,7-8H2,1H3. The number of nitrogens with zero attached hydrogens (tertiary/aromatic N) is 3. The van der Waals surface area contributed by atoms with E-state index in [1.54, 1.807) is 23.9 Å². The number of benzene rings is 1. The zero-order valence-corrected chi connectivity index (χ0v) is 11.9. The Morgan fingerprint density at radius 3 is 3.05 bits per heavy atom. The molecule has 2 aromatic rings. The van der Waals surface area contributed by atoms with E-state index in [0.29, 0.717) is 30.3 Å². The third-order valence-corrected chi connectivity index (χ3v) is 3.03. The van der Waals surface area contributed by atoms with Crippen LogP contribution in [-0.4, -0.2) is 35.0 Å². The van der Waals surface area contributed by atoms with Crippen LogP contribution >= 0.6 is 11.6 Å². The normalized spacial score (nSPS) is 10.9. The maximum absolute atomic E-state index is 13.7. The first-order valence-electron chi connectivity index (χ1n) is 6.21. The van der Waals surface area contributed by atoms with Crippen molar-refractivity contribution < 1.29 is 9.13 Å². The summed E-state index contributed by atoms with van der Waals surface area (Å²) in [5, 5.41) is 7.66. The van der Waals surface area contributed by atoms with Crippen LogP contribution in [0.25, 0.3) is 0 Å². The molecule has 0 bridgehead atoms. The van der Waals surface area contributed by atoms with Gasteiger partial charge in [-0.2, -0.15) is 5.10 Å². The van der Waals surface area contributed by atoms with Crippen molar-refractivity contribution in [1.29, 1.82) is 0 Å². The molecule has 0 saturated heterocycles. The fourth-order valence-electron chi connectivity index (χ4n) is 1.74. The number of halogens is 2. The van der Waals surface area contributed by atoms with Gasteiger partial charge in [-0.3, -0.25) is 0 Å². The summed E-state index contributed by atoms with van der Waals surface area (Å²) in [6.07, 6.45) is 1.46. The van der Waals surface area contributed by atoms with Gasteiger partial charge in [-0.1, -0.05) is 17.7 Å². The molecule has 1 aromatic carbocycles. The fraction of sp³-hybridized carbons (Fsp3) is 0.385. The number of nitrogens with one attached hydrogen (secondary N) is 1. The second-order valence-corrected chi connectivity index (χ2v) is 4.68. The molecule has 0 radical (unpaired) electrons. The summed E-state index contributed by atoms with van der Waals surface area (Å²) in [4.78, 5) is 4.16. The molecule has 1 aromatic heterocycles. The second kappa shape index (κ2) is 7.33. The van der Waals surface area contributed by atoms with E-state index in [4.69, 9.17) is 16.3 Å². The van der Waals surface area contributed by atoms with Crippen LogP contribution in [0.4, 0.5) is 4.39 Å². The lowest BCUT2D eigenvalue weighted by Gasteiger charge is -2.08. The van der Waals surface area contributed by atoms with Crippen LogP contribution in [0.15, 0.2) is 24.5 Å². The van der Waals surface area contributed by atoms with Crippen molar-refractivity contribution in [2.24, 2.45) is 0 Å². The van der Waals surface area contributed by atoms with E-state index in [9.17, 15) is 4.39 Å². The smallest absolute Gasteiger partial charge is 0.141 e. The predicted octanol–water partition coefficient (Wildman–Crippen LogP) is 1.85. The quantitative estimate of drug-likeness (QED) is 0.793. The molecule has 0 aliphatic rings. The summed E-state index contributed by atoms with van der Waals surface area (Å²) < 4.78 is 20.4. The van der Waals surface area contributed by atoms with Gasteiger partial charge in [0.15, 0.2) is 0 Å². The summed E-state index contributed by atoms with van der Waals surface area (Å²) >= 11 is 5.73. The van der Waals surface area contributed by atoms with Crippen LogP contribution in [0, 0.1) is 5.82 Å². The van der Waals surface area contributed by atoms with Crippen molar-refractivity contribution in [1.82, 2.24) is 20.1 Å². The van der Waals surface area contributed by atoms with Crippen molar-refractivity contribution >= 4 is 11.6 Å². The topological polar surface area (TPSA) is 52.0 Å². The highest BCUT2D eigenvalue weighted by Crippen LogP contribution is 2.15. The maximum atomic E-state index is 13.7. The van der Waals surface area contributed by atoms with Crippen LogP contribution in [0.5, 0.6) is 0 Å². The zero-order valence-electron chi connectivity index (χ0n) is 11.1. The third kappa shape index (κ3) is 4.00. The lowest BCUT2D eigenvalue weighted by molar-refractivity contribution is 0.198. The molecule has 0 aliphatic heterocycles. The predicted molar refractivity (Wildman–Crippen MR) is 74.1 cm³/mol. The fourth-order valence-corrected chi connectivity index (χ4v) is 1.90. The van der Waals surface area contributed by atoms with E-state index in [1.165, 1.54) is 12.4 Å². The van der Waals surface area contributed by atoms with Gasteiger partial charge < -0.3 is 10.1 Å². The Labute approximate surface area is 121 Å². The Morgan fingerprint density at radius 2 is 2.30 bits per heavy atom.